The normalized spacial score (nSPS) is 21.9. The van der Waals surface area contributed by atoms with Crippen molar-refractivity contribution >= 4 is 56.5 Å². The molecule has 1 aliphatic carbocycles. The first-order valence-electron chi connectivity index (χ1n) is 14.6. The van der Waals surface area contributed by atoms with Crippen LogP contribution < -0.4 is 5.32 Å². The van der Waals surface area contributed by atoms with E-state index in [1.165, 1.54) is 17.4 Å². The second-order valence-corrected chi connectivity index (χ2v) is 12.8. The second kappa shape index (κ2) is 13.1. The first-order valence-corrected chi connectivity index (χ1v) is 15.9. The fraction of sp³-hybridized carbons (Fsp3) is 0.375. The van der Waals surface area contributed by atoms with Gasteiger partial charge in [0.25, 0.3) is 5.91 Å². The van der Waals surface area contributed by atoms with Crippen molar-refractivity contribution in [2.75, 3.05) is 18.5 Å². The van der Waals surface area contributed by atoms with E-state index in [0.717, 1.165) is 16.2 Å². The number of benzene rings is 2. The molecule has 0 bridgehead atoms. The number of anilines is 1. The van der Waals surface area contributed by atoms with E-state index in [1.807, 2.05) is 35.0 Å². The molecule has 6 rings (SSSR count). The zero-order chi connectivity index (χ0) is 30.8. The van der Waals surface area contributed by atoms with Crippen LogP contribution in [0.25, 0.3) is 10.1 Å². The molecule has 2 aromatic carbocycles. The molecule has 12 heteroatoms. The van der Waals surface area contributed by atoms with Crippen LogP contribution in [-0.4, -0.2) is 62.6 Å². The molecule has 2 amide bonds. The molecule has 1 saturated heterocycles. The molecule has 2 aliphatic rings. The Hall–Kier alpha value is -3.80. The van der Waals surface area contributed by atoms with Crippen LogP contribution >= 0.6 is 22.9 Å². The van der Waals surface area contributed by atoms with Crippen molar-refractivity contribution in [3.8, 4) is 0 Å². The Bertz CT molecular complexity index is 1670. The number of imidazole rings is 1. The highest BCUT2D eigenvalue weighted by molar-refractivity contribution is 7.17. The zero-order valence-corrected chi connectivity index (χ0v) is 25.4. The van der Waals surface area contributed by atoms with Crippen LogP contribution in [0.2, 0.25) is 5.02 Å². The first-order chi connectivity index (χ1) is 21.3. The predicted molar refractivity (Wildman–Crippen MR) is 166 cm³/mol. The molecule has 2 N–H and O–H groups in total. The molecule has 9 nitrogen and oxygen atoms in total. The zero-order valence-electron chi connectivity index (χ0n) is 23.8. The van der Waals surface area contributed by atoms with Gasteiger partial charge in [0.2, 0.25) is 5.91 Å². The molecule has 0 unspecified atom stereocenters. The highest BCUT2D eigenvalue weighted by Crippen LogP contribution is 2.33. The van der Waals surface area contributed by atoms with Gasteiger partial charge in [-0.05, 0) is 55.9 Å². The van der Waals surface area contributed by atoms with Crippen molar-refractivity contribution in [3.05, 3.63) is 82.5 Å². The maximum atomic E-state index is 15.3. The standard InChI is InChI=1S/C32H32ClFN4O5S/c33-26-11-20(27(34)14-28(26)36-31(40)25-17-44-29-4-2-1-3-24(25)29)12-30(39)38-15-21(37-10-9-35-18-37)13-22(38)16-43-23-7-5-19(6-8-23)32(41)42/h1-4,9-11,14,17-19,21-23H,5-8,12-13,15-16H2,(H,36,40)(H,41,42)/t19-,21-,22-,23-/m0/s1. The number of thiophene rings is 1. The number of carbonyl (C=O) groups is 3. The van der Waals surface area contributed by atoms with Gasteiger partial charge in [-0.2, -0.15) is 0 Å². The lowest BCUT2D eigenvalue weighted by Crippen LogP contribution is -2.40. The van der Waals surface area contributed by atoms with Crippen LogP contribution in [-0.2, 0) is 20.7 Å². The fourth-order valence-corrected chi connectivity index (χ4v) is 7.38. The number of ether oxygens (including phenoxy) is 1. The summed E-state index contributed by atoms with van der Waals surface area (Å²) in [6, 6.07) is 9.85. The number of carboxylic acid groups (broad SMARTS) is 1. The summed E-state index contributed by atoms with van der Waals surface area (Å²) in [4.78, 5) is 43.8. The number of halogens is 2. The molecule has 1 saturated carbocycles. The van der Waals surface area contributed by atoms with E-state index >= 15 is 4.39 Å². The molecule has 3 heterocycles. The topological polar surface area (TPSA) is 114 Å². The van der Waals surface area contributed by atoms with Gasteiger partial charge in [0.15, 0.2) is 0 Å². The van der Waals surface area contributed by atoms with Gasteiger partial charge in [0.1, 0.15) is 5.82 Å². The van der Waals surface area contributed by atoms with E-state index < -0.39 is 17.7 Å². The van der Waals surface area contributed by atoms with Gasteiger partial charge in [0, 0.05) is 34.4 Å². The van der Waals surface area contributed by atoms with E-state index in [0.29, 0.717) is 50.8 Å². The van der Waals surface area contributed by atoms with Gasteiger partial charge in [0.05, 0.1) is 59.7 Å². The summed E-state index contributed by atoms with van der Waals surface area (Å²) in [6.45, 7) is 0.734. The third-order valence-corrected chi connectivity index (χ3v) is 9.93. The quantitative estimate of drug-likeness (QED) is 0.226. The minimum atomic E-state index is -0.766. The van der Waals surface area contributed by atoms with Gasteiger partial charge < -0.3 is 24.6 Å². The molecule has 0 spiro atoms. The number of aromatic nitrogens is 2. The monoisotopic (exact) mass is 638 g/mol. The third kappa shape index (κ3) is 6.50. The maximum absolute atomic E-state index is 15.3. The van der Waals surface area contributed by atoms with Crippen LogP contribution in [0.15, 0.2) is 60.5 Å². The largest absolute Gasteiger partial charge is 0.481 e. The number of likely N-dealkylation sites (tertiary alicyclic amines) is 1. The number of amides is 2. The second-order valence-electron chi connectivity index (χ2n) is 11.4. The Morgan fingerprint density at radius 2 is 1.95 bits per heavy atom. The van der Waals surface area contributed by atoms with Gasteiger partial charge >= 0.3 is 5.97 Å². The van der Waals surface area contributed by atoms with Crippen LogP contribution in [0.3, 0.4) is 0 Å². The number of nitrogens with zero attached hydrogens (tertiary/aromatic N) is 3. The Balaban J connectivity index is 1.13. The molecule has 230 valence electrons. The van der Waals surface area contributed by atoms with E-state index in [9.17, 15) is 19.5 Å². The Morgan fingerprint density at radius 3 is 2.70 bits per heavy atom. The van der Waals surface area contributed by atoms with Crippen LogP contribution in [0.4, 0.5) is 10.1 Å². The Kier molecular flexibility index (Phi) is 8.97. The number of rotatable bonds is 9. The van der Waals surface area contributed by atoms with Gasteiger partial charge in [-0.25, -0.2) is 9.37 Å². The molecule has 0 radical (unpaired) electrons. The smallest absolute Gasteiger partial charge is 0.306 e. The SMILES string of the molecule is O=C(Nc1cc(F)c(CC(=O)N2C[C@@H](n3ccnc3)C[C@H]2CO[C@H]2CC[C@H](C(=O)O)CC2)cc1Cl)c1csc2ccccc12. The summed E-state index contributed by atoms with van der Waals surface area (Å²) in [7, 11) is 0. The average Bonchev–Trinajstić information content (AvgIpc) is 3.78. The summed E-state index contributed by atoms with van der Waals surface area (Å²) in [5, 5.41) is 14.7. The Labute approximate surface area is 262 Å². The van der Waals surface area contributed by atoms with Crippen LogP contribution in [0.5, 0.6) is 0 Å². The Morgan fingerprint density at radius 1 is 1.16 bits per heavy atom. The minimum absolute atomic E-state index is 0.00277. The number of hydrogen-bond acceptors (Lipinski definition) is 6. The molecule has 4 aromatic rings. The number of carboxylic acids is 1. The maximum Gasteiger partial charge on any atom is 0.306 e. The van der Waals surface area contributed by atoms with E-state index in [-0.39, 0.29) is 52.7 Å². The predicted octanol–water partition coefficient (Wildman–Crippen LogP) is 6.19. The number of carbonyl (C=O) groups excluding carboxylic acids is 2. The first kappa shape index (κ1) is 30.2. The van der Waals surface area contributed by atoms with Gasteiger partial charge in [-0.3, -0.25) is 14.4 Å². The highest BCUT2D eigenvalue weighted by atomic mass is 35.5. The summed E-state index contributed by atoms with van der Waals surface area (Å²) < 4.78 is 24.5. The fourth-order valence-electron chi connectivity index (χ4n) is 6.21. The summed E-state index contributed by atoms with van der Waals surface area (Å²) in [5.41, 5.74) is 0.744. The van der Waals surface area contributed by atoms with Crippen molar-refractivity contribution in [3.63, 3.8) is 0 Å². The molecule has 2 fully saturated rings. The lowest BCUT2D eigenvalue weighted by atomic mass is 9.87. The van der Waals surface area contributed by atoms with Crippen LogP contribution in [0.1, 0.15) is 54.1 Å². The minimum Gasteiger partial charge on any atom is -0.481 e. The van der Waals surface area contributed by atoms with Crippen molar-refractivity contribution < 1.29 is 28.6 Å². The third-order valence-electron chi connectivity index (χ3n) is 8.66. The van der Waals surface area contributed by atoms with Crippen molar-refractivity contribution in [2.24, 2.45) is 5.92 Å². The molecular formula is C32H32ClFN4O5S. The highest BCUT2D eigenvalue weighted by Gasteiger charge is 2.37. The lowest BCUT2D eigenvalue weighted by molar-refractivity contribution is -0.144. The molecular weight excluding hydrogens is 607 g/mol. The van der Waals surface area contributed by atoms with E-state index in [1.54, 1.807) is 22.8 Å². The van der Waals surface area contributed by atoms with E-state index in [2.05, 4.69) is 10.3 Å². The number of fused-ring (bicyclic) bond motifs is 1. The molecule has 2 atom stereocenters. The summed E-state index contributed by atoms with van der Waals surface area (Å²) in [5.74, 6) is -2.39. The summed E-state index contributed by atoms with van der Waals surface area (Å²) in [6.07, 6.45) is 8.14. The van der Waals surface area contributed by atoms with Gasteiger partial charge in [-0.15, -0.1) is 11.3 Å². The van der Waals surface area contributed by atoms with Gasteiger partial charge in [-0.1, -0.05) is 29.8 Å². The molecule has 1 aliphatic heterocycles. The summed E-state index contributed by atoms with van der Waals surface area (Å²) >= 11 is 7.93. The average molecular weight is 639 g/mol. The van der Waals surface area contributed by atoms with Crippen molar-refractivity contribution in [1.82, 2.24) is 14.5 Å². The molecule has 44 heavy (non-hydrogen) atoms. The lowest BCUT2D eigenvalue weighted by Gasteiger charge is -2.30. The van der Waals surface area contributed by atoms with Crippen molar-refractivity contribution in [1.29, 1.82) is 0 Å². The van der Waals surface area contributed by atoms with E-state index in [4.69, 9.17) is 16.3 Å². The number of nitrogens with one attached hydrogen (secondary N) is 1. The number of aliphatic carboxylic acids is 1. The number of hydrogen-bond donors (Lipinski definition) is 2. The van der Waals surface area contributed by atoms with Crippen LogP contribution in [0, 0.1) is 11.7 Å². The molecule has 2 aromatic heterocycles. The van der Waals surface area contributed by atoms with Crippen molar-refractivity contribution in [2.45, 2.75) is 56.7 Å².